The molecule has 29 heavy (non-hydrogen) atoms. The summed E-state index contributed by atoms with van der Waals surface area (Å²) in [4.78, 5) is 29.3. The van der Waals surface area contributed by atoms with Crippen molar-refractivity contribution in [1.82, 2.24) is 4.90 Å². The van der Waals surface area contributed by atoms with E-state index in [1.54, 1.807) is 11.9 Å². The van der Waals surface area contributed by atoms with Crippen LogP contribution < -0.4 is 10.2 Å². The van der Waals surface area contributed by atoms with Crippen molar-refractivity contribution >= 4 is 23.2 Å². The van der Waals surface area contributed by atoms with E-state index in [0.717, 1.165) is 48.8 Å². The number of carbonyl (C=O) groups is 2. The molecule has 2 aliphatic heterocycles. The van der Waals surface area contributed by atoms with E-state index in [1.165, 1.54) is 0 Å². The monoisotopic (exact) mass is 393 g/mol. The van der Waals surface area contributed by atoms with Crippen molar-refractivity contribution in [3.05, 3.63) is 59.7 Å². The minimum absolute atomic E-state index is 0.00149. The second-order valence-electron chi connectivity index (χ2n) is 7.81. The van der Waals surface area contributed by atoms with E-state index in [1.807, 2.05) is 55.5 Å². The van der Waals surface area contributed by atoms with E-state index >= 15 is 0 Å². The van der Waals surface area contributed by atoms with E-state index in [9.17, 15) is 9.59 Å². The highest BCUT2D eigenvalue weighted by atomic mass is 16.5. The highest BCUT2D eigenvalue weighted by Gasteiger charge is 2.42. The number of aryl methyl sites for hydroxylation is 1. The molecule has 6 nitrogen and oxygen atoms in total. The van der Waals surface area contributed by atoms with Gasteiger partial charge in [0.25, 0.3) is 0 Å². The molecule has 4 rings (SSSR count). The average molecular weight is 393 g/mol. The Kier molecular flexibility index (Phi) is 5.53. The van der Waals surface area contributed by atoms with Gasteiger partial charge in [-0.3, -0.25) is 9.59 Å². The third-order valence-electron chi connectivity index (χ3n) is 5.85. The summed E-state index contributed by atoms with van der Waals surface area (Å²) in [6.45, 7) is 5.25. The molecule has 0 aliphatic carbocycles. The molecule has 2 aromatic rings. The van der Waals surface area contributed by atoms with Gasteiger partial charge in [-0.1, -0.05) is 29.8 Å². The lowest BCUT2D eigenvalue weighted by Crippen LogP contribution is -2.36. The third kappa shape index (κ3) is 4.12. The van der Waals surface area contributed by atoms with Crippen LogP contribution in [0.2, 0.25) is 0 Å². The summed E-state index contributed by atoms with van der Waals surface area (Å²) in [5, 5.41) is 3.01. The summed E-state index contributed by atoms with van der Waals surface area (Å²) in [5.74, 6) is -0.528. The first-order valence-electron chi connectivity index (χ1n) is 10.1. The lowest BCUT2D eigenvalue weighted by Gasteiger charge is -2.29. The summed E-state index contributed by atoms with van der Waals surface area (Å²) in [5.41, 5.74) is 4.02. The maximum absolute atomic E-state index is 13.0. The Balaban J connectivity index is 1.47. The average Bonchev–Trinajstić information content (AvgIpc) is 3.05. The Hall–Kier alpha value is -2.86. The molecule has 2 amide bonds. The van der Waals surface area contributed by atoms with Crippen LogP contribution in [-0.2, 0) is 14.3 Å². The molecular weight excluding hydrogens is 366 g/mol. The van der Waals surface area contributed by atoms with Crippen LogP contribution in [0, 0.1) is 12.8 Å². The Labute approximate surface area is 171 Å². The Morgan fingerprint density at radius 3 is 2.34 bits per heavy atom. The topological polar surface area (TPSA) is 61.9 Å². The van der Waals surface area contributed by atoms with Gasteiger partial charge in [0.05, 0.1) is 25.2 Å². The molecule has 0 spiro atoms. The van der Waals surface area contributed by atoms with E-state index < -0.39 is 5.92 Å². The fraction of sp³-hybridized carbons (Fsp3) is 0.391. The SMILES string of the molecule is Cc1ccc([C@H]2[C@H](C(=O)Nc3ccc(N4CCOCC4)cc3)CC(=O)N2C)cc1. The maximum Gasteiger partial charge on any atom is 0.230 e. The predicted octanol–water partition coefficient (Wildman–Crippen LogP) is 2.99. The number of likely N-dealkylation sites (tertiary alicyclic amines) is 1. The van der Waals surface area contributed by atoms with Gasteiger partial charge in [-0.25, -0.2) is 0 Å². The van der Waals surface area contributed by atoms with Gasteiger partial charge in [-0.05, 0) is 36.8 Å². The largest absolute Gasteiger partial charge is 0.378 e. The molecule has 2 fully saturated rings. The first-order chi connectivity index (χ1) is 14.0. The summed E-state index contributed by atoms with van der Waals surface area (Å²) in [7, 11) is 1.78. The van der Waals surface area contributed by atoms with Crippen LogP contribution in [0.3, 0.4) is 0 Å². The van der Waals surface area contributed by atoms with E-state index in [4.69, 9.17) is 4.74 Å². The van der Waals surface area contributed by atoms with Gasteiger partial charge in [0.2, 0.25) is 11.8 Å². The number of rotatable bonds is 4. The molecule has 152 valence electrons. The first kappa shape index (κ1) is 19.5. The molecule has 2 aliphatic rings. The van der Waals surface area contributed by atoms with Crippen molar-refractivity contribution in [3.63, 3.8) is 0 Å². The Morgan fingerprint density at radius 2 is 1.69 bits per heavy atom. The molecule has 6 heteroatoms. The van der Waals surface area contributed by atoms with E-state index in [0.29, 0.717) is 0 Å². The standard InChI is InChI=1S/C23H27N3O3/c1-16-3-5-17(6-4-16)22-20(15-21(27)25(22)2)23(28)24-18-7-9-19(10-8-18)26-11-13-29-14-12-26/h3-10,20,22H,11-15H2,1-2H3,(H,24,28)/t20-,22+/m1/s1. The van der Waals surface area contributed by atoms with Crippen LogP contribution in [0.15, 0.2) is 48.5 Å². The zero-order valence-electron chi connectivity index (χ0n) is 16.9. The second-order valence-corrected chi connectivity index (χ2v) is 7.81. The number of hydrogen-bond donors (Lipinski definition) is 1. The fourth-order valence-electron chi connectivity index (χ4n) is 4.14. The van der Waals surface area contributed by atoms with E-state index in [2.05, 4.69) is 10.2 Å². The number of hydrogen-bond acceptors (Lipinski definition) is 4. The van der Waals surface area contributed by atoms with Crippen LogP contribution in [0.25, 0.3) is 0 Å². The quantitative estimate of drug-likeness (QED) is 0.868. The minimum Gasteiger partial charge on any atom is -0.378 e. The molecular formula is C23H27N3O3. The van der Waals surface area contributed by atoms with Gasteiger partial charge in [-0.2, -0.15) is 0 Å². The highest BCUT2D eigenvalue weighted by Crippen LogP contribution is 2.37. The Bertz CT molecular complexity index is 873. The summed E-state index contributed by atoms with van der Waals surface area (Å²) < 4.78 is 5.39. The van der Waals surface area contributed by atoms with Crippen LogP contribution in [0.4, 0.5) is 11.4 Å². The number of carbonyl (C=O) groups excluding carboxylic acids is 2. The lowest BCUT2D eigenvalue weighted by atomic mass is 9.92. The number of morpholine rings is 1. The number of anilines is 2. The van der Waals surface area contributed by atoms with Crippen LogP contribution >= 0.6 is 0 Å². The van der Waals surface area contributed by atoms with Crippen molar-refractivity contribution < 1.29 is 14.3 Å². The minimum atomic E-state index is -0.408. The van der Waals surface area contributed by atoms with Crippen molar-refractivity contribution in [1.29, 1.82) is 0 Å². The van der Waals surface area contributed by atoms with Gasteiger partial charge in [-0.15, -0.1) is 0 Å². The molecule has 0 bridgehead atoms. The number of ether oxygens (including phenoxy) is 1. The molecule has 1 N–H and O–H groups in total. The molecule has 2 heterocycles. The number of nitrogens with one attached hydrogen (secondary N) is 1. The molecule has 0 unspecified atom stereocenters. The lowest BCUT2D eigenvalue weighted by molar-refractivity contribution is -0.127. The van der Waals surface area contributed by atoms with Crippen LogP contribution in [0.5, 0.6) is 0 Å². The van der Waals surface area contributed by atoms with Crippen molar-refractivity contribution in [2.24, 2.45) is 5.92 Å². The molecule has 0 saturated carbocycles. The highest BCUT2D eigenvalue weighted by molar-refractivity contribution is 5.98. The second kappa shape index (κ2) is 8.25. The zero-order chi connectivity index (χ0) is 20.4. The van der Waals surface area contributed by atoms with Gasteiger partial charge >= 0.3 is 0 Å². The summed E-state index contributed by atoms with van der Waals surface area (Å²) in [6.07, 6.45) is 0.229. The number of benzene rings is 2. The van der Waals surface area contributed by atoms with Gasteiger partial charge in [0.1, 0.15) is 0 Å². The summed E-state index contributed by atoms with van der Waals surface area (Å²) >= 11 is 0. The predicted molar refractivity (Wildman–Crippen MR) is 113 cm³/mol. The molecule has 2 atom stereocenters. The normalized spacial score (nSPS) is 22.1. The Morgan fingerprint density at radius 1 is 1.03 bits per heavy atom. The fourth-order valence-corrected chi connectivity index (χ4v) is 4.14. The van der Waals surface area contributed by atoms with Gasteiger partial charge < -0.3 is 19.9 Å². The smallest absolute Gasteiger partial charge is 0.230 e. The zero-order valence-corrected chi connectivity index (χ0v) is 16.9. The third-order valence-corrected chi connectivity index (χ3v) is 5.85. The first-order valence-corrected chi connectivity index (χ1v) is 10.1. The molecule has 2 aromatic carbocycles. The van der Waals surface area contributed by atoms with Crippen molar-refractivity contribution in [3.8, 4) is 0 Å². The van der Waals surface area contributed by atoms with Crippen molar-refractivity contribution in [2.75, 3.05) is 43.6 Å². The number of nitrogens with zero attached hydrogens (tertiary/aromatic N) is 2. The van der Waals surface area contributed by atoms with Crippen LogP contribution in [0.1, 0.15) is 23.6 Å². The van der Waals surface area contributed by atoms with Gasteiger partial charge in [0, 0.05) is 37.9 Å². The van der Waals surface area contributed by atoms with E-state index in [-0.39, 0.29) is 24.3 Å². The van der Waals surface area contributed by atoms with Crippen LogP contribution in [-0.4, -0.2) is 50.1 Å². The molecule has 2 saturated heterocycles. The number of amides is 2. The maximum atomic E-state index is 13.0. The van der Waals surface area contributed by atoms with Crippen molar-refractivity contribution in [2.45, 2.75) is 19.4 Å². The summed E-state index contributed by atoms with van der Waals surface area (Å²) in [6, 6.07) is 15.7. The molecule has 0 aromatic heterocycles. The van der Waals surface area contributed by atoms with Gasteiger partial charge in [0.15, 0.2) is 0 Å². The molecule has 0 radical (unpaired) electrons.